The molecule has 0 fully saturated rings. The maximum Gasteiger partial charge on any atom is 2.00 e. The SMILES string of the molecule is [Ca+2].[H-].[H-].c1ccc2n[nH]nc2c1. The van der Waals surface area contributed by atoms with E-state index in [0.29, 0.717) is 0 Å². The molecule has 3 nitrogen and oxygen atoms in total. The second-order valence-corrected chi connectivity index (χ2v) is 1.81. The van der Waals surface area contributed by atoms with Crippen LogP contribution in [0.1, 0.15) is 2.85 Å². The van der Waals surface area contributed by atoms with E-state index in [-0.39, 0.29) is 40.6 Å². The van der Waals surface area contributed by atoms with Gasteiger partial charge in [-0.2, -0.15) is 15.4 Å². The average Bonchev–Trinajstić information content (AvgIpc) is 2.33. The van der Waals surface area contributed by atoms with Crippen LogP contribution in [-0.2, 0) is 0 Å². The van der Waals surface area contributed by atoms with E-state index < -0.39 is 0 Å². The van der Waals surface area contributed by atoms with Crippen LogP contribution in [0.5, 0.6) is 0 Å². The largest absolute Gasteiger partial charge is 2.00 e. The summed E-state index contributed by atoms with van der Waals surface area (Å²) in [5, 5.41) is 10.3. The molecule has 10 heavy (non-hydrogen) atoms. The Bertz CT molecular complexity index is 295. The van der Waals surface area contributed by atoms with Crippen LogP contribution in [0.4, 0.5) is 0 Å². The fourth-order valence-electron chi connectivity index (χ4n) is 0.786. The molecule has 0 aliphatic carbocycles. The van der Waals surface area contributed by atoms with Crippen molar-refractivity contribution in [1.82, 2.24) is 15.4 Å². The van der Waals surface area contributed by atoms with Crippen LogP contribution < -0.4 is 0 Å². The standard InChI is InChI=1S/C6H5N3.Ca.2H/c1-2-4-6-5(3-1)7-9-8-6;;;/h1-4H,(H,7,8,9);;;/q;+2;2*-1. The summed E-state index contributed by atoms with van der Waals surface area (Å²) in [4.78, 5) is 0. The Morgan fingerprint density at radius 2 is 1.60 bits per heavy atom. The molecule has 0 aliphatic rings. The predicted molar refractivity (Wildman–Crippen MR) is 41.9 cm³/mol. The molecule has 4 heteroatoms. The van der Waals surface area contributed by atoms with Crippen LogP contribution in [0.2, 0.25) is 0 Å². The molecule has 48 valence electrons. The van der Waals surface area contributed by atoms with E-state index >= 15 is 0 Å². The van der Waals surface area contributed by atoms with E-state index in [4.69, 9.17) is 0 Å². The summed E-state index contributed by atoms with van der Waals surface area (Å²) in [5.41, 5.74) is 1.83. The van der Waals surface area contributed by atoms with Crippen molar-refractivity contribution in [2.24, 2.45) is 0 Å². The first-order chi connectivity index (χ1) is 4.47. The van der Waals surface area contributed by atoms with Gasteiger partial charge in [-0.15, -0.1) is 0 Å². The molecule has 2 rings (SSSR count). The maximum atomic E-state index is 3.88. The Balaban J connectivity index is 0. The van der Waals surface area contributed by atoms with Gasteiger partial charge in [0.25, 0.3) is 0 Å². The molecule has 2 aromatic rings. The van der Waals surface area contributed by atoms with Crippen LogP contribution >= 0.6 is 0 Å². The number of fused-ring (bicyclic) bond motifs is 1. The van der Waals surface area contributed by atoms with E-state index in [0.717, 1.165) is 11.0 Å². The molecule has 0 amide bonds. The number of nitrogens with zero attached hydrogens (tertiary/aromatic N) is 2. The topological polar surface area (TPSA) is 41.6 Å². The predicted octanol–water partition coefficient (Wildman–Crippen LogP) is 0.802. The summed E-state index contributed by atoms with van der Waals surface area (Å²) in [6.45, 7) is 0. The Kier molecular flexibility index (Phi) is 2.65. The van der Waals surface area contributed by atoms with Gasteiger partial charge in [0, 0.05) is 0 Å². The van der Waals surface area contributed by atoms with Crippen molar-refractivity contribution in [1.29, 1.82) is 0 Å². The van der Waals surface area contributed by atoms with Crippen molar-refractivity contribution in [3.05, 3.63) is 24.3 Å². The van der Waals surface area contributed by atoms with Gasteiger partial charge in [0.2, 0.25) is 0 Å². The van der Waals surface area contributed by atoms with Gasteiger partial charge in [0.05, 0.1) is 0 Å². The molecular weight excluding hydrogens is 154 g/mol. The minimum absolute atomic E-state index is 0. The van der Waals surface area contributed by atoms with E-state index in [1.807, 2.05) is 24.3 Å². The van der Waals surface area contributed by atoms with Crippen LogP contribution in [0.25, 0.3) is 11.0 Å². The van der Waals surface area contributed by atoms with Gasteiger partial charge in [0.1, 0.15) is 11.0 Å². The van der Waals surface area contributed by atoms with Gasteiger partial charge >= 0.3 is 37.7 Å². The normalized spacial score (nSPS) is 9.20. The monoisotopic (exact) mass is 161 g/mol. The van der Waals surface area contributed by atoms with Crippen LogP contribution in [-0.4, -0.2) is 53.1 Å². The van der Waals surface area contributed by atoms with E-state index in [2.05, 4.69) is 15.4 Å². The Morgan fingerprint density at radius 3 is 2.10 bits per heavy atom. The zero-order valence-electron chi connectivity index (χ0n) is 7.41. The second-order valence-electron chi connectivity index (χ2n) is 1.81. The molecule has 0 spiro atoms. The van der Waals surface area contributed by atoms with E-state index in [1.165, 1.54) is 0 Å². The molecule has 0 saturated heterocycles. The first-order valence-electron chi connectivity index (χ1n) is 2.72. The summed E-state index contributed by atoms with van der Waals surface area (Å²) in [6.07, 6.45) is 0. The van der Waals surface area contributed by atoms with Gasteiger partial charge in [-0.05, 0) is 12.1 Å². The van der Waals surface area contributed by atoms with E-state index in [9.17, 15) is 0 Å². The molecule has 1 heterocycles. The summed E-state index contributed by atoms with van der Waals surface area (Å²) in [5.74, 6) is 0. The van der Waals surface area contributed by atoms with Crippen LogP contribution in [0.15, 0.2) is 24.3 Å². The number of aromatic amines is 1. The van der Waals surface area contributed by atoms with Crippen LogP contribution in [0.3, 0.4) is 0 Å². The molecule has 0 bridgehead atoms. The van der Waals surface area contributed by atoms with Crippen LogP contribution in [0, 0.1) is 0 Å². The van der Waals surface area contributed by atoms with Crippen molar-refractivity contribution in [3.63, 3.8) is 0 Å². The Labute approximate surface area is 90.8 Å². The first kappa shape index (κ1) is 7.98. The smallest absolute Gasteiger partial charge is 1.00 e. The number of H-pyrrole nitrogens is 1. The number of rotatable bonds is 0. The Hall–Kier alpha value is -0.120. The molecule has 1 aromatic heterocycles. The summed E-state index contributed by atoms with van der Waals surface area (Å²) < 4.78 is 0. The average molecular weight is 161 g/mol. The summed E-state index contributed by atoms with van der Waals surface area (Å²) in [6, 6.07) is 7.70. The van der Waals surface area contributed by atoms with Crippen molar-refractivity contribution >= 4 is 48.8 Å². The quantitative estimate of drug-likeness (QED) is 0.581. The third-order valence-electron chi connectivity index (χ3n) is 1.22. The Morgan fingerprint density at radius 1 is 1.10 bits per heavy atom. The van der Waals surface area contributed by atoms with Crippen molar-refractivity contribution < 1.29 is 2.85 Å². The van der Waals surface area contributed by atoms with Crippen molar-refractivity contribution in [2.45, 2.75) is 0 Å². The summed E-state index contributed by atoms with van der Waals surface area (Å²) >= 11 is 0. The molecule has 0 aliphatic heterocycles. The number of benzene rings is 1. The fourth-order valence-corrected chi connectivity index (χ4v) is 0.786. The zero-order valence-corrected chi connectivity index (χ0v) is 7.62. The van der Waals surface area contributed by atoms with Gasteiger partial charge in [0.15, 0.2) is 0 Å². The third kappa shape index (κ3) is 1.31. The minimum Gasteiger partial charge on any atom is -1.00 e. The molecule has 0 atom stereocenters. The van der Waals surface area contributed by atoms with Gasteiger partial charge in [-0.25, -0.2) is 0 Å². The molecule has 0 unspecified atom stereocenters. The van der Waals surface area contributed by atoms with Gasteiger partial charge < -0.3 is 2.85 Å². The first-order valence-corrected chi connectivity index (χ1v) is 2.72. The molecular formula is C6H7CaN3. The zero-order chi connectivity index (χ0) is 6.10. The molecule has 1 aromatic carbocycles. The van der Waals surface area contributed by atoms with Crippen molar-refractivity contribution in [2.75, 3.05) is 0 Å². The fraction of sp³-hybridized carbons (Fsp3) is 0. The van der Waals surface area contributed by atoms with Gasteiger partial charge in [-0.3, -0.25) is 0 Å². The second kappa shape index (κ2) is 3.32. The van der Waals surface area contributed by atoms with E-state index in [1.54, 1.807) is 0 Å². The number of hydrogen-bond donors (Lipinski definition) is 1. The number of nitrogens with one attached hydrogen (secondary N) is 1. The van der Waals surface area contributed by atoms with Gasteiger partial charge in [-0.1, -0.05) is 12.1 Å². The number of hydrogen-bond acceptors (Lipinski definition) is 2. The third-order valence-corrected chi connectivity index (χ3v) is 1.22. The molecule has 0 saturated carbocycles. The number of aromatic nitrogens is 3. The minimum atomic E-state index is 0. The number of para-hydroxylation sites is 2. The summed E-state index contributed by atoms with van der Waals surface area (Å²) in [7, 11) is 0. The maximum absolute atomic E-state index is 3.88. The molecule has 1 N–H and O–H groups in total. The molecule has 0 radical (unpaired) electrons. The van der Waals surface area contributed by atoms with Crippen molar-refractivity contribution in [3.8, 4) is 0 Å².